The average Bonchev–Trinajstić information content (AvgIpc) is 2.91. The van der Waals surface area contributed by atoms with Crippen LogP contribution >= 0.6 is 23.6 Å². The van der Waals surface area contributed by atoms with Crippen LogP contribution in [0.15, 0.2) is 60.7 Å². The van der Waals surface area contributed by atoms with Crippen molar-refractivity contribution in [2.75, 3.05) is 10.6 Å². The molecule has 1 amide bonds. The smallest absolute Gasteiger partial charge is 0.251 e. The number of hydrogen-bond acceptors (Lipinski definition) is 3. The van der Waals surface area contributed by atoms with Crippen molar-refractivity contribution >= 4 is 45.3 Å². The first kappa shape index (κ1) is 18.1. The molecule has 0 atom stereocenters. The highest BCUT2D eigenvalue weighted by atomic mass is 32.1. The second kappa shape index (κ2) is 8.12. The van der Waals surface area contributed by atoms with E-state index >= 15 is 0 Å². The third kappa shape index (κ3) is 4.28. The first-order valence-electron chi connectivity index (χ1n) is 8.13. The zero-order valence-electron chi connectivity index (χ0n) is 14.3. The third-order valence-corrected chi connectivity index (χ3v) is 5.37. The Kier molecular flexibility index (Phi) is 5.65. The van der Waals surface area contributed by atoms with Gasteiger partial charge < -0.3 is 16.4 Å². The third-order valence-electron chi connectivity index (χ3n) is 3.96. The number of thiocarbonyl (C=S) groups is 1. The normalized spacial score (nSPS) is 10.3. The van der Waals surface area contributed by atoms with Gasteiger partial charge in [0, 0.05) is 17.0 Å². The van der Waals surface area contributed by atoms with Crippen molar-refractivity contribution in [3.63, 3.8) is 0 Å². The van der Waals surface area contributed by atoms with Gasteiger partial charge in [0.2, 0.25) is 0 Å². The molecule has 0 aliphatic rings. The molecule has 132 valence electrons. The van der Waals surface area contributed by atoms with Crippen molar-refractivity contribution in [1.82, 2.24) is 0 Å². The first-order chi connectivity index (χ1) is 12.5. The molecule has 0 saturated heterocycles. The molecule has 0 spiro atoms. The SMILES string of the molecule is Cc1c(Cc2ccccc2)sc(NC(=S)Nc2ccccc2)c1C(N)=O. The van der Waals surface area contributed by atoms with E-state index in [1.165, 1.54) is 16.9 Å². The van der Waals surface area contributed by atoms with E-state index in [1.807, 2.05) is 55.5 Å². The standard InChI is InChI=1S/C20H19N3OS2/c1-13-16(12-14-8-4-2-5-9-14)26-19(17(13)18(21)24)23-20(25)22-15-10-6-3-7-11-15/h2-11H,12H2,1H3,(H2,21,24)(H2,22,23,25). The number of carbonyl (C=O) groups excluding carboxylic acids is 1. The van der Waals surface area contributed by atoms with Crippen LogP contribution in [0.1, 0.15) is 26.4 Å². The summed E-state index contributed by atoms with van der Waals surface area (Å²) in [5.41, 5.74) is 9.07. The summed E-state index contributed by atoms with van der Waals surface area (Å²) < 4.78 is 0. The highest BCUT2D eigenvalue weighted by Crippen LogP contribution is 2.34. The lowest BCUT2D eigenvalue weighted by Crippen LogP contribution is -2.21. The number of thiophene rings is 1. The van der Waals surface area contributed by atoms with Gasteiger partial charge >= 0.3 is 0 Å². The van der Waals surface area contributed by atoms with Gasteiger partial charge in [0.05, 0.1) is 5.56 Å². The molecule has 0 fully saturated rings. The lowest BCUT2D eigenvalue weighted by Gasteiger charge is -2.10. The minimum atomic E-state index is -0.455. The van der Waals surface area contributed by atoms with Crippen LogP contribution in [-0.2, 0) is 6.42 Å². The van der Waals surface area contributed by atoms with Crippen LogP contribution in [-0.4, -0.2) is 11.0 Å². The zero-order valence-corrected chi connectivity index (χ0v) is 15.9. The number of nitrogens with two attached hydrogens (primary N) is 1. The largest absolute Gasteiger partial charge is 0.365 e. The minimum Gasteiger partial charge on any atom is -0.365 e. The number of benzene rings is 2. The van der Waals surface area contributed by atoms with E-state index in [0.29, 0.717) is 15.7 Å². The van der Waals surface area contributed by atoms with Gasteiger partial charge in [-0.05, 0) is 42.4 Å². The van der Waals surface area contributed by atoms with Crippen LogP contribution in [0.2, 0.25) is 0 Å². The molecule has 6 heteroatoms. The summed E-state index contributed by atoms with van der Waals surface area (Å²) in [5, 5.41) is 7.33. The lowest BCUT2D eigenvalue weighted by molar-refractivity contribution is 0.100. The summed E-state index contributed by atoms with van der Waals surface area (Å²) in [7, 11) is 0. The number of amides is 1. The molecule has 0 saturated carbocycles. The molecular weight excluding hydrogens is 362 g/mol. The van der Waals surface area contributed by atoms with Gasteiger partial charge in [0.25, 0.3) is 5.91 Å². The summed E-state index contributed by atoms with van der Waals surface area (Å²) in [4.78, 5) is 13.1. The Labute approximate surface area is 162 Å². The predicted molar refractivity (Wildman–Crippen MR) is 113 cm³/mol. The number of hydrogen-bond donors (Lipinski definition) is 3. The van der Waals surface area contributed by atoms with E-state index in [4.69, 9.17) is 18.0 Å². The highest BCUT2D eigenvalue weighted by molar-refractivity contribution is 7.80. The first-order valence-corrected chi connectivity index (χ1v) is 9.36. The van der Waals surface area contributed by atoms with E-state index in [9.17, 15) is 4.79 Å². The van der Waals surface area contributed by atoms with Crippen LogP contribution in [0.3, 0.4) is 0 Å². The van der Waals surface area contributed by atoms with Crippen molar-refractivity contribution in [1.29, 1.82) is 0 Å². The quantitative estimate of drug-likeness (QED) is 0.567. The maximum Gasteiger partial charge on any atom is 0.251 e. The van der Waals surface area contributed by atoms with Gasteiger partial charge in [-0.3, -0.25) is 4.79 Å². The van der Waals surface area contributed by atoms with Crippen LogP contribution in [0.25, 0.3) is 0 Å². The lowest BCUT2D eigenvalue weighted by atomic mass is 10.1. The van der Waals surface area contributed by atoms with Crippen LogP contribution in [0.4, 0.5) is 10.7 Å². The fraction of sp³-hybridized carbons (Fsp3) is 0.100. The Hall–Kier alpha value is -2.70. The summed E-state index contributed by atoms with van der Waals surface area (Å²) in [6.07, 6.45) is 0.748. The van der Waals surface area contributed by atoms with E-state index in [1.54, 1.807) is 0 Å². The number of para-hydroxylation sites is 1. The average molecular weight is 382 g/mol. The van der Waals surface area contributed by atoms with Gasteiger partial charge in [-0.1, -0.05) is 48.5 Å². The molecule has 3 aromatic rings. The van der Waals surface area contributed by atoms with Gasteiger partial charge in [0.15, 0.2) is 5.11 Å². The number of anilines is 2. The number of rotatable bonds is 5. The maximum absolute atomic E-state index is 12.0. The van der Waals surface area contributed by atoms with Crippen molar-refractivity contribution in [3.8, 4) is 0 Å². The molecule has 3 rings (SSSR count). The minimum absolute atomic E-state index is 0.422. The number of primary amides is 1. The Morgan fingerprint density at radius 1 is 1.04 bits per heavy atom. The Morgan fingerprint density at radius 2 is 1.65 bits per heavy atom. The van der Waals surface area contributed by atoms with Gasteiger partial charge in [-0.2, -0.15) is 0 Å². The molecule has 0 bridgehead atoms. The second-order valence-corrected chi connectivity index (χ2v) is 7.34. The Balaban J connectivity index is 1.83. The molecular formula is C20H19N3OS2. The van der Waals surface area contributed by atoms with Crippen molar-refractivity contribution < 1.29 is 4.79 Å². The summed E-state index contributed by atoms with van der Waals surface area (Å²) in [5.74, 6) is -0.455. The molecule has 1 heterocycles. The van der Waals surface area contributed by atoms with Gasteiger partial charge in [0.1, 0.15) is 5.00 Å². The van der Waals surface area contributed by atoms with E-state index in [2.05, 4.69) is 22.8 Å². The van der Waals surface area contributed by atoms with E-state index in [0.717, 1.165) is 22.5 Å². The van der Waals surface area contributed by atoms with E-state index < -0.39 is 5.91 Å². The molecule has 26 heavy (non-hydrogen) atoms. The summed E-state index contributed by atoms with van der Waals surface area (Å²) in [6.45, 7) is 1.92. The van der Waals surface area contributed by atoms with Crippen LogP contribution in [0, 0.1) is 6.92 Å². The summed E-state index contributed by atoms with van der Waals surface area (Å²) >= 11 is 6.89. The topological polar surface area (TPSA) is 67.2 Å². The van der Waals surface area contributed by atoms with Crippen molar-refractivity contribution in [3.05, 3.63) is 82.2 Å². The van der Waals surface area contributed by atoms with Gasteiger partial charge in [-0.15, -0.1) is 11.3 Å². The molecule has 0 radical (unpaired) electrons. The molecule has 2 aromatic carbocycles. The zero-order chi connectivity index (χ0) is 18.5. The number of nitrogens with one attached hydrogen (secondary N) is 2. The molecule has 4 N–H and O–H groups in total. The van der Waals surface area contributed by atoms with Crippen molar-refractivity contribution in [2.24, 2.45) is 5.73 Å². The molecule has 4 nitrogen and oxygen atoms in total. The molecule has 0 unspecified atom stereocenters. The molecule has 0 aliphatic heterocycles. The maximum atomic E-state index is 12.0. The highest BCUT2D eigenvalue weighted by Gasteiger charge is 2.20. The second-order valence-electron chi connectivity index (χ2n) is 5.83. The van der Waals surface area contributed by atoms with Crippen LogP contribution in [0.5, 0.6) is 0 Å². The van der Waals surface area contributed by atoms with Crippen LogP contribution < -0.4 is 16.4 Å². The Bertz CT molecular complexity index is 921. The monoisotopic (exact) mass is 381 g/mol. The summed E-state index contributed by atoms with van der Waals surface area (Å²) in [6, 6.07) is 19.8. The fourth-order valence-corrected chi connectivity index (χ4v) is 4.22. The molecule has 1 aromatic heterocycles. The molecule has 0 aliphatic carbocycles. The van der Waals surface area contributed by atoms with Crippen molar-refractivity contribution in [2.45, 2.75) is 13.3 Å². The Morgan fingerprint density at radius 3 is 2.27 bits per heavy atom. The van der Waals surface area contributed by atoms with Gasteiger partial charge in [-0.25, -0.2) is 0 Å². The number of carbonyl (C=O) groups is 1. The predicted octanol–water partition coefficient (Wildman–Crippen LogP) is 4.56. The van der Waals surface area contributed by atoms with E-state index in [-0.39, 0.29) is 0 Å². The fourth-order valence-electron chi connectivity index (χ4n) is 2.68.